The predicted octanol–water partition coefficient (Wildman–Crippen LogP) is 4.72. The van der Waals surface area contributed by atoms with Gasteiger partial charge in [0, 0.05) is 10.9 Å². The summed E-state index contributed by atoms with van der Waals surface area (Å²) in [5, 5.41) is 1.02. The standard InChI is InChI=1S/C17H17BrO2/c18-11-1-2-12-20-17-9-7-16(8-10-17)15-5-3-14(13-19)4-6-15/h3-10,13H,1-2,11-12H2. The molecule has 0 spiro atoms. The van der Waals surface area contributed by atoms with Gasteiger partial charge in [-0.25, -0.2) is 0 Å². The first-order chi connectivity index (χ1) is 9.83. The quantitative estimate of drug-likeness (QED) is 0.416. The van der Waals surface area contributed by atoms with Gasteiger partial charge in [-0.05, 0) is 36.1 Å². The molecule has 20 heavy (non-hydrogen) atoms. The van der Waals surface area contributed by atoms with E-state index in [1.807, 2.05) is 48.5 Å². The Morgan fingerprint density at radius 2 is 1.50 bits per heavy atom. The molecule has 0 saturated carbocycles. The highest BCUT2D eigenvalue weighted by molar-refractivity contribution is 9.09. The minimum atomic E-state index is 0.695. The van der Waals surface area contributed by atoms with E-state index < -0.39 is 0 Å². The molecule has 0 atom stereocenters. The fourth-order valence-corrected chi connectivity index (χ4v) is 2.28. The van der Waals surface area contributed by atoms with Gasteiger partial charge in [0.05, 0.1) is 6.61 Å². The van der Waals surface area contributed by atoms with Crippen molar-refractivity contribution in [1.82, 2.24) is 0 Å². The molecule has 2 nitrogen and oxygen atoms in total. The van der Waals surface area contributed by atoms with E-state index >= 15 is 0 Å². The molecule has 2 rings (SSSR count). The van der Waals surface area contributed by atoms with Gasteiger partial charge < -0.3 is 4.74 Å². The first kappa shape index (κ1) is 14.8. The van der Waals surface area contributed by atoms with Gasteiger partial charge in [-0.1, -0.05) is 52.3 Å². The second kappa shape index (κ2) is 7.85. The lowest BCUT2D eigenvalue weighted by Crippen LogP contribution is -1.97. The van der Waals surface area contributed by atoms with Crippen LogP contribution < -0.4 is 4.74 Å². The van der Waals surface area contributed by atoms with Crippen molar-refractivity contribution >= 4 is 22.2 Å². The Morgan fingerprint density at radius 3 is 2.05 bits per heavy atom. The molecule has 0 aromatic heterocycles. The van der Waals surface area contributed by atoms with Crippen LogP contribution in [0.25, 0.3) is 11.1 Å². The predicted molar refractivity (Wildman–Crippen MR) is 85.8 cm³/mol. The van der Waals surface area contributed by atoms with Gasteiger partial charge in [-0.15, -0.1) is 0 Å². The Labute approximate surface area is 127 Å². The van der Waals surface area contributed by atoms with E-state index in [1.54, 1.807) is 0 Å². The maximum atomic E-state index is 10.6. The van der Waals surface area contributed by atoms with Crippen molar-refractivity contribution in [2.45, 2.75) is 12.8 Å². The molecule has 0 aliphatic rings. The maximum absolute atomic E-state index is 10.6. The van der Waals surface area contributed by atoms with Crippen molar-refractivity contribution in [3.63, 3.8) is 0 Å². The molecule has 0 aliphatic carbocycles. The number of alkyl halides is 1. The Balaban J connectivity index is 1.98. The first-order valence-electron chi connectivity index (χ1n) is 6.68. The molecule has 0 N–H and O–H groups in total. The second-order valence-electron chi connectivity index (χ2n) is 4.51. The molecule has 0 heterocycles. The lowest BCUT2D eigenvalue weighted by Gasteiger charge is -2.07. The second-order valence-corrected chi connectivity index (χ2v) is 5.30. The fourth-order valence-electron chi connectivity index (χ4n) is 1.88. The minimum Gasteiger partial charge on any atom is -0.494 e. The SMILES string of the molecule is O=Cc1ccc(-c2ccc(OCCCCBr)cc2)cc1. The number of halogens is 1. The highest BCUT2D eigenvalue weighted by Crippen LogP contribution is 2.22. The average Bonchev–Trinajstić information content (AvgIpc) is 2.52. The van der Waals surface area contributed by atoms with Crippen LogP contribution in [-0.4, -0.2) is 18.2 Å². The zero-order valence-electron chi connectivity index (χ0n) is 11.2. The molecule has 0 fully saturated rings. The van der Waals surface area contributed by atoms with Gasteiger partial charge in [-0.3, -0.25) is 4.79 Å². The van der Waals surface area contributed by atoms with Crippen LogP contribution in [0.4, 0.5) is 0 Å². The Morgan fingerprint density at radius 1 is 0.900 bits per heavy atom. The van der Waals surface area contributed by atoms with Crippen LogP contribution >= 0.6 is 15.9 Å². The summed E-state index contributed by atoms with van der Waals surface area (Å²) in [6.45, 7) is 0.749. The Hall–Kier alpha value is -1.61. The van der Waals surface area contributed by atoms with Crippen LogP contribution in [0.2, 0.25) is 0 Å². The summed E-state index contributed by atoms with van der Waals surface area (Å²) >= 11 is 3.40. The largest absolute Gasteiger partial charge is 0.494 e. The molecule has 0 unspecified atom stereocenters. The van der Waals surface area contributed by atoms with E-state index in [9.17, 15) is 4.79 Å². The first-order valence-corrected chi connectivity index (χ1v) is 7.80. The van der Waals surface area contributed by atoms with E-state index in [-0.39, 0.29) is 0 Å². The van der Waals surface area contributed by atoms with Crippen molar-refractivity contribution in [3.8, 4) is 16.9 Å². The summed E-state index contributed by atoms with van der Waals surface area (Å²) in [6, 6.07) is 15.6. The Bertz CT molecular complexity index is 532. The Kier molecular flexibility index (Phi) is 5.81. The third kappa shape index (κ3) is 4.20. The summed E-state index contributed by atoms with van der Waals surface area (Å²) < 4.78 is 5.67. The zero-order chi connectivity index (χ0) is 14.2. The third-order valence-electron chi connectivity index (χ3n) is 3.03. The van der Waals surface area contributed by atoms with Gasteiger partial charge in [0.1, 0.15) is 12.0 Å². The summed E-state index contributed by atoms with van der Waals surface area (Å²) in [7, 11) is 0. The van der Waals surface area contributed by atoms with Crippen molar-refractivity contribution < 1.29 is 9.53 Å². The van der Waals surface area contributed by atoms with Crippen LogP contribution in [-0.2, 0) is 0 Å². The summed E-state index contributed by atoms with van der Waals surface area (Å²) in [6.07, 6.45) is 3.04. The van der Waals surface area contributed by atoms with E-state index in [2.05, 4.69) is 15.9 Å². The number of benzene rings is 2. The highest BCUT2D eigenvalue weighted by atomic mass is 79.9. The third-order valence-corrected chi connectivity index (χ3v) is 3.59. The molecule has 3 heteroatoms. The maximum Gasteiger partial charge on any atom is 0.150 e. The molecule has 0 bridgehead atoms. The van der Waals surface area contributed by atoms with Crippen LogP contribution in [0.3, 0.4) is 0 Å². The number of carbonyl (C=O) groups is 1. The van der Waals surface area contributed by atoms with Crippen molar-refractivity contribution in [1.29, 1.82) is 0 Å². The number of aldehydes is 1. The summed E-state index contributed by atoms with van der Waals surface area (Å²) in [5.74, 6) is 0.896. The molecule has 0 aliphatic heterocycles. The number of ether oxygens (including phenoxy) is 1. The van der Waals surface area contributed by atoms with E-state index in [0.29, 0.717) is 5.56 Å². The van der Waals surface area contributed by atoms with Crippen molar-refractivity contribution in [2.75, 3.05) is 11.9 Å². The van der Waals surface area contributed by atoms with Crippen LogP contribution in [0.15, 0.2) is 48.5 Å². The number of hydrogen-bond acceptors (Lipinski definition) is 2. The van der Waals surface area contributed by atoms with E-state index in [1.165, 1.54) is 0 Å². The number of carbonyl (C=O) groups excluding carboxylic acids is 1. The molecule has 0 radical (unpaired) electrons. The van der Waals surface area contributed by atoms with Crippen LogP contribution in [0, 0.1) is 0 Å². The van der Waals surface area contributed by atoms with Gasteiger partial charge in [0.2, 0.25) is 0 Å². The fraction of sp³-hybridized carbons (Fsp3) is 0.235. The molecule has 0 saturated heterocycles. The summed E-state index contributed by atoms with van der Waals surface area (Å²) in [4.78, 5) is 10.6. The smallest absolute Gasteiger partial charge is 0.150 e. The molecule has 2 aromatic carbocycles. The molecule has 2 aromatic rings. The van der Waals surface area contributed by atoms with Crippen LogP contribution in [0.5, 0.6) is 5.75 Å². The highest BCUT2D eigenvalue weighted by Gasteiger charge is 1.99. The number of rotatable bonds is 7. The molecule has 0 amide bonds. The topological polar surface area (TPSA) is 26.3 Å². The zero-order valence-corrected chi connectivity index (χ0v) is 12.8. The number of unbranched alkanes of at least 4 members (excludes halogenated alkanes) is 1. The lowest BCUT2D eigenvalue weighted by molar-refractivity contribution is 0.112. The van der Waals surface area contributed by atoms with Gasteiger partial charge >= 0.3 is 0 Å². The van der Waals surface area contributed by atoms with E-state index in [0.717, 1.165) is 47.9 Å². The molecular weight excluding hydrogens is 316 g/mol. The van der Waals surface area contributed by atoms with E-state index in [4.69, 9.17) is 4.74 Å². The number of hydrogen-bond donors (Lipinski definition) is 0. The molecular formula is C17H17BrO2. The van der Waals surface area contributed by atoms with Gasteiger partial charge in [-0.2, -0.15) is 0 Å². The van der Waals surface area contributed by atoms with Crippen molar-refractivity contribution in [3.05, 3.63) is 54.1 Å². The van der Waals surface area contributed by atoms with Gasteiger partial charge in [0.25, 0.3) is 0 Å². The minimum absolute atomic E-state index is 0.695. The average molecular weight is 333 g/mol. The van der Waals surface area contributed by atoms with Gasteiger partial charge in [0.15, 0.2) is 0 Å². The lowest BCUT2D eigenvalue weighted by atomic mass is 10.0. The van der Waals surface area contributed by atoms with Crippen LogP contribution in [0.1, 0.15) is 23.2 Å². The van der Waals surface area contributed by atoms with Crippen molar-refractivity contribution in [2.24, 2.45) is 0 Å². The summed E-state index contributed by atoms with van der Waals surface area (Å²) in [5.41, 5.74) is 2.91. The monoisotopic (exact) mass is 332 g/mol. The molecule has 104 valence electrons. The normalized spacial score (nSPS) is 10.2.